The summed E-state index contributed by atoms with van der Waals surface area (Å²) >= 11 is 0. The van der Waals surface area contributed by atoms with Gasteiger partial charge in [-0.05, 0) is 37.1 Å². The summed E-state index contributed by atoms with van der Waals surface area (Å²) in [6.07, 6.45) is 7.09. The molecule has 3 rings (SSSR count). The van der Waals surface area contributed by atoms with Crippen molar-refractivity contribution < 1.29 is 4.79 Å². The molecule has 0 saturated heterocycles. The minimum atomic E-state index is -0.0161. The second kappa shape index (κ2) is 7.93. The quantitative estimate of drug-likeness (QED) is 0.830. The summed E-state index contributed by atoms with van der Waals surface area (Å²) in [5, 5.41) is 7.35. The van der Waals surface area contributed by atoms with E-state index in [9.17, 15) is 4.79 Å². The highest BCUT2D eigenvalue weighted by Gasteiger charge is 2.19. The van der Waals surface area contributed by atoms with E-state index in [1.165, 1.54) is 5.57 Å². The zero-order valence-corrected chi connectivity index (χ0v) is 14.1. The molecule has 1 aromatic heterocycles. The van der Waals surface area contributed by atoms with Crippen LogP contribution in [0.1, 0.15) is 23.7 Å². The fourth-order valence-electron chi connectivity index (χ4n) is 2.98. The summed E-state index contributed by atoms with van der Waals surface area (Å²) in [7, 11) is 0. The average Bonchev–Trinajstić information content (AvgIpc) is 3.14. The van der Waals surface area contributed by atoms with Gasteiger partial charge in [0.1, 0.15) is 0 Å². The number of carbonyl (C=O) groups is 1. The summed E-state index contributed by atoms with van der Waals surface area (Å²) < 4.78 is 1.96. The number of nitrogens with one attached hydrogen (secondary N) is 1. The third-order valence-electron chi connectivity index (χ3n) is 4.40. The van der Waals surface area contributed by atoms with Gasteiger partial charge in [0.05, 0.1) is 6.54 Å². The van der Waals surface area contributed by atoms with Gasteiger partial charge in [0.15, 0.2) is 0 Å². The molecule has 0 spiro atoms. The second-order valence-electron chi connectivity index (χ2n) is 6.17. The first-order chi connectivity index (χ1) is 11.7. The molecule has 1 amide bonds. The predicted octanol–water partition coefficient (Wildman–Crippen LogP) is 2.33. The topological polar surface area (TPSA) is 50.2 Å². The standard InChI is InChI=1S/C19H24N4O/c1-16(21-19(24)17-7-3-2-4-8-17)18-9-5-11-22(15-18)13-14-23-12-6-10-20-23/h2-4,6-10,12,16H,5,11,13-15H2,1H3,(H,21,24). The molecule has 0 bridgehead atoms. The Morgan fingerprint density at radius 3 is 2.83 bits per heavy atom. The van der Waals surface area contributed by atoms with Crippen molar-refractivity contribution in [3.63, 3.8) is 0 Å². The van der Waals surface area contributed by atoms with Gasteiger partial charge in [-0.25, -0.2) is 0 Å². The smallest absolute Gasteiger partial charge is 0.251 e. The third kappa shape index (κ3) is 4.32. The zero-order chi connectivity index (χ0) is 16.8. The van der Waals surface area contributed by atoms with Crippen molar-refractivity contribution in [1.82, 2.24) is 20.0 Å². The number of hydrogen-bond donors (Lipinski definition) is 1. The van der Waals surface area contributed by atoms with Crippen molar-refractivity contribution in [2.75, 3.05) is 19.6 Å². The van der Waals surface area contributed by atoms with Gasteiger partial charge >= 0.3 is 0 Å². The lowest BCUT2D eigenvalue weighted by Crippen LogP contribution is -2.41. The summed E-state index contributed by atoms with van der Waals surface area (Å²) in [5.74, 6) is -0.0161. The van der Waals surface area contributed by atoms with Crippen LogP contribution in [0.4, 0.5) is 0 Å². The lowest BCUT2D eigenvalue weighted by Gasteiger charge is -2.30. The van der Waals surface area contributed by atoms with Crippen molar-refractivity contribution >= 4 is 5.91 Å². The molecule has 2 heterocycles. The van der Waals surface area contributed by atoms with Gasteiger partial charge in [-0.2, -0.15) is 5.10 Å². The highest BCUT2D eigenvalue weighted by molar-refractivity contribution is 5.94. The van der Waals surface area contributed by atoms with Crippen molar-refractivity contribution in [3.05, 3.63) is 66.0 Å². The first kappa shape index (κ1) is 16.5. The van der Waals surface area contributed by atoms with E-state index in [0.29, 0.717) is 5.56 Å². The maximum atomic E-state index is 12.3. The van der Waals surface area contributed by atoms with Crippen LogP contribution >= 0.6 is 0 Å². The molecule has 1 aliphatic heterocycles. The monoisotopic (exact) mass is 324 g/mol. The summed E-state index contributed by atoms with van der Waals surface area (Å²) in [6.45, 7) is 5.88. The molecule has 0 radical (unpaired) electrons. The molecule has 0 fully saturated rings. The van der Waals surface area contributed by atoms with E-state index in [2.05, 4.69) is 28.3 Å². The van der Waals surface area contributed by atoms with E-state index in [1.54, 1.807) is 0 Å². The van der Waals surface area contributed by atoms with Crippen LogP contribution in [-0.4, -0.2) is 46.3 Å². The van der Waals surface area contributed by atoms with E-state index >= 15 is 0 Å². The number of rotatable bonds is 6. The van der Waals surface area contributed by atoms with Crippen LogP contribution in [0.25, 0.3) is 0 Å². The van der Waals surface area contributed by atoms with E-state index in [4.69, 9.17) is 0 Å². The van der Waals surface area contributed by atoms with E-state index in [0.717, 1.165) is 32.6 Å². The minimum absolute atomic E-state index is 0.0161. The molecule has 5 heteroatoms. The van der Waals surface area contributed by atoms with Crippen LogP contribution in [0.3, 0.4) is 0 Å². The Bertz CT molecular complexity index is 679. The SMILES string of the molecule is CC(NC(=O)c1ccccc1)C1=CCCN(CCn2cccn2)C1. The van der Waals surface area contributed by atoms with Gasteiger partial charge in [0.2, 0.25) is 0 Å². The summed E-state index contributed by atoms with van der Waals surface area (Å²) in [4.78, 5) is 14.7. The van der Waals surface area contributed by atoms with Crippen LogP contribution in [0, 0.1) is 0 Å². The molecule has 0 aliphatic carbocycles. The number of nitrogens with zero attached hydrogens (tertiary/aromatic N) is 3. The number of benzene rings is 1. The Balaban J connectivity index is 1.52. The maximum absolute atomic E-state index is 12.3. The van der Waals surface area contributed by atoms with Gasteiger partial charge in [0, 0.05) is 43.6 Å². The van der Waals surface area contributed by atoms with Gasteiger partial charge in [-0.15, -0.1) is 0 Å². The number of amides is 1. The van der Waals surface area contributed by atoms with Crippen molar-refractivity contribution in [2.45, 2.75) is 25.9 Å². The molecule has 24 heavy (non-hydrogen) atoms. The third-order valence-corrected chi connectivity index (χ3v) is 4.40. The molecular formula is C19H24N4O. The first-order valence-electron chi connectivity index (χ1n) is 8.47. The normalized spacial score (nSPS) is 16.5. The summed E-state index contributed by atoms with van der Waals surface area (Å²) in [5.41, 5.74) is 1.99. The maximum Gasteiger partial charge on any atom is 0.251 e. The molecule has 1 unspecified atom stereocenters. The van der Waals surface area contributed by atoms with E-state index < -0.39 is 0 Å². The molecule has 1 aromatic carbocycles. The average molecular weight is 324 g/mol. The highest BCUT2D eigenvalue weighted by Crippen LogP contribution is 2.14. The molecule has 1 aliphatic rings. The lowest BCUT2D eigenvalue weighted by molar-refractivity contribution is 0.0943. The largest absolute Gasteiger partial charge is 0.346 e. The molecule has 0 saturated carbocycles. The first-order valence-corrected chi connectivity index (χ1v) is 8.47. The van der Waals surface area contributed by atoms with E-state index in [-0.39, 0.29) is 11.9 Å². The van der Waals surface area contributed by atoms with Crippen LogP contribution in [0.2, 0.25) is 0 Å². The molecule has 5 nitrogen and oxygen atoms in total. The minimum Gasteiger partial charge on any atom is -0.346 e. The van der Waals surface area contributed by atoms with Crippen LogP contribution < -0.4 is 5.32 Å². The van der Waals surface area contributed by atoms with Gasteiger partial charge < -0.3 is 5.32 Å². The molecule has 126 valence electrons. The number of hydrogen-bond acceptors (Lipinski definition) is 3. The fourth-order valence-corrected chi connectivity index (χ4v) is 2.98. The Morgan fingerprint density at radius 1 is 1.25 bits per heavy atom. The second-order valence-corrected chi connectivity index (χ2v) is 6.17. The highest BCUT2D eigenvalue weighted by atomic mass is 16.1. The van der Waals surface area contributed by atoms with Gasteiger partial charge in [-0.1, -0.05) is 24.3 Å². The molecular weight excluding hydrogens is 300 g/mol. The van der Waals surface area contributed by atoms with Crippen LogP contribution in [-0.2, 0) is 6.54 Å². The Labute approximate surface area is 143 Å². The number of carbonyl (C=O) groups excluding carboxylic acids is 1. The lowest BCUT2D eigenvalue weighted by atomic mass is 10.0. The van der Waals surface area contributed by atoms with Crippen LogP contribution in [0.5, 0.6) is 0 Å². The van der Waals surface area contributed by atoms with Gasteiger partial charge in [-0.3, -0.25) is 14.4 Å². The van der Waals surface area contributed by atoms with Crippen molar-refractivity contribution in [1.29, 1.82) is 0 Å². The fraction of sp³-hybridized carbons (Fsp3) is 0.368. The van der Waals surface area contributed by atoms with Crippen molar-refractivity contribution in [2.24, 2.45) is 0 Å². The molecule has 1 atom stereocenters. The van der Waals surface area contributed by atoms with Crippen LogP contribution in [0.15, 0.2) is 60.4 Å². The molecule has 1 N–H and O–H groups in total. The Hall–Kier alpha value is -2.40. The predicted molar refractivity (Wildman–Crippen MR) is 94.7 cm³/mol. The summed E-state index contributed by atoms with van der Waals surface area (Å²) in [6, 6.07) is 11.4. The zero-order valence-electron chi connectivity index (χ0n) is 14.1. The van der Waals surface area contributed by atoms with Crippen molar-refractivity contribution in [3.8, 4) is 0 Å². The molecule has 2 aromatic rings. The Morgan fingerprint density at radius 2 is 2.08 bits per heavy atom. The number of aromatic nitrogens is 2. The Kier molecular flexibility index (Phi) is 5.43. The van der Waals surface area contributed by atoms with Gasteiger partial charge in [0.25, 0.3) is 5.91 Å². The van der Waals surface area contributed by atoms with E-state index in [1.807, 2.05) is 53.5 Å².